The van der Waals surface area contributed by atoms with E-state index in [1.807, 2.05) is 32.0 Å². The van der Waals surface area contributed by atoms with E-state index in [2.05, 4.69) is 5.16 Å². The zero-order valence-corrected chi connectivity index (χ0v) is 16.4. The van der Waals surface area contributed by atoms with Crippen molar-refractivity contribution >= 4 is 5.91 Å². The molecule has 0 bridgehead atoms. The standard InChI is InChI=1S/C22H22FN3O3/c1-3-19-21(14(2)25-29-19)18-10-6-9-17(24-18)20-13-26(11-12-28-20)22(27)15-7-4-5-8-16(15)23/h4-10,20H,3,11-13H2,1-2H3/t20-/m1/s1. The normalized spacial score (nSPS) is 16.8. The molecule has 7 heteroatoms. The fraction of sp³-hybridized carbons (Fsp3) is 0.318. The number of carbonyl (C=O) groups excluding carboxylic acids is 1. The molecule has 3 heterocycles. The Kier molecular flexibility index (Phi) is 5.40. The maximum absolute atomic E-state index is 14.0. The molecule has 1 atom stereocenters. The summed E-state index contributed by atoms with van der Waals surface area (Å²) in [4.78, 5) is 19.1. The minimum Gasteiger partial charge on any atom is -0.368 e. The molecule has 0 spiro atoms. The zero-order chi connectivity index (χ0) is 20.4. The molecule has 3 aromatic rings. The van der Waals surface area contributed by atoms with Crippen molar-refractivity contribution in [2.75, 3.05) is 19.7 Å². The fourth-order valence-corrected chi connectivity index (χ4v) is 3.57. The molecule has 0 N–H and O–H groups in total. The highest BCUT2D eigenvalue weighted by Gasteiger charge is 2.28. The minimum absolute atomic E-state index is 0.0718. The van der Waals surface area contributed by atoms with Gasteiger partial charge in [-0.1, -0.05) is 30.3 Å². The molecule has 0 saturated carbocycles. The number of benzene rings is 1. The Labute approximate surface area is 168 Å². The number of carbonyl (C=O) groups is 1. The first kappa shape index (κ1) is 19.3. The second kappa shape index (κ2) is 8.13. The monoisotopic (exact) mass is 395 g/mol. The summed E-state index contributed by atoms with van der Waals surface area (Å²) in [7, 11) is 0. The third kappa shape index (κ3) is 3.78. The van der Waals surface area contributed by atoms with Gasteiger partial charge in [0.25, 0.3) is 5.91 Å². The Morgan fingerprint density at radius 3 is 2.86 bits per heavy atom. The van der Waals surface area contributed by atoms with Crippen LogP contribution in [0.2, 0.25) is 0 Å². The minimum atomic E-state index is -0.518. The van der Waals surface area contributed by atoms with Crippen LogP contribution in [0, 0.1) is 12.7 Å². The molecule has 1 aliphatic rings. The molecular formula is C22H22FN3O3. The van der Waals surface area contributed by atoms with Crippen molar-refractivity contribution in [3.63, 3.8) is 0 Å². The van der Waals surface area contributed by atoms with Crippen LogP contribution < -0.4 is 0 Å². The molecule has 1 amide bonds. The van der Waals surface area contributed by atoms with Gasteiger partial charge in [0.2, 0.25) is 0 Å². The van der Waals surface area contributed by atoms with Crippen LogP contribution in [-0.4, -0.2) is 40.6 Å². The van der Waals surface area contributed by atoms with Crippen molar-refractivity contribution < 1.29 is 18.4 Å². The van der Waals surface area contributed by atoms with Crippen LogP contribution in [0.15, 0.2) is 47.0 Å². The van der Waals surface area contributed by atoms with E-state index in [9.17, 15) is 9.18 Å². The van der Waals surface area contributed by atoms with Crippen molar-refractivity contribution in [2.24, 2.45) is 0 Å². The summed E-state index contributed by atoms with van der Waals surface area (Å²) >= 11 is 0. The van der Waals surface area contributed by atoms with Crippen molar-refractivity contribution in [2.45, 2.75) is 26.4 Å². The Balaban J connectivity index is 1.58. The van der Waals surface area contributed by atoms with Crippen molar-refractivity contribution in [3.05, 3.63) is 71.0 Å². The molecule has 1 saturated heterocycles. The van der Waals surface area contributed by atoms with Crippen molar-refractivity contribution in [1.82, 2.24) is 15.0 Å². The highest BCUT2D eigenvalue weighted by Crippen LogP contribution is 2.29. The second-order valence-corrected chi connectivity index (χ2v) is 6.96. The lowest BCUT2D eigenvalue weighted by atomic mass is 10.1. The number of ether oxygens (including phenoxy) is 1. The molecule has 0 radical (unpaired) electrons. The lowest BCUT2D eigenvalue weighted by Gasteiger charge is -2.33. The van der Waals surface area contributed by atoms with Gasteiger partial charge in [0, 0.05) is 13.0 Å². The fourth-order valence-electron chi connectivity index (χ4n) is 3.57. The van der Waals surface area contributed by atoms with Crippen LogP contribution in [0.3, 0.4) is 0 Å². The van der Waals surface area contributed by atoms with Crippen LogP contribution in [0.25, 0.3) is 11.3 Å². The summed E-state index contributed by atoms with van der Waals surface area (Å²) < 4.78 is 25.3. The number of nitrogens with zero attached hydrogens (tertiary/aromatic N) is 3. The Morgan fingerprint density at radius 2 is 2.07 bits per heavy atom. The van der Waals surface area contributed by atoms with Gasteiger partial charge in [0.1, 0.15) is 17.7 Å². The van der Waals surface area contributed by atoms with Crippen LogP contribution >= 0.6 is 0 Å². The quantitative estimate of drug-likeness (QED) is 0.669. The predicted octanol–water partition coefficient (Wildman–Crippen LogP) is 3.96. The van der Waals surface area contributed by atoms with Crippen LogP contribution in [0.1, 0.15) is 40.5 Å². The second-order valence-electron chi connectivity index (χ2n) is 6.96. The third-order valence-electron chi connectivity index (χ3n) is 5.07. The molecule has 29 heavy (non-hydrogen) atoms. The van der Waals surface area contributed by atoms with Gasteiger partial charge in [0.05, 0.1) is 41.4 Å². The van der Waals surface area contributed by atoms with Crippen LogP contribution in [-0.2, 0) is 11.2 Å². The molecule has 2 aromatic heterocycles. The number of rotatable bonds is 4. The average Bonchev–Trinajstić information content (AvgIpc) is 3.14. The smallest absolute Gasteiger partial charge is 0.257 e. The molecule has 1 aromatic carbocycles. The van der Waals surface area contributed by atoms with E-state index < -0.39 is 5.82 Å². The lowest BCUT2D eigenvalue weighted by Crippen LogP contribution is -2.42. The number of morpholine rings is 1. The summed E-state index contributed by atoms with van der Waals surface area (Å²) in [6.45, 7) is 4.98. The maximum Gasteiger partial charge on any atom is 0.257 e. The first-order valence-electron chi connectivity index (χ1n) is 9.66. The molecule has 4 rings (SSSR count). The number of amides is 1. The van der Waals surface area contributed by atoms with Gasteiger partial charge in [0.15, 0.2) is 0 Å². The van der Waals surface area contributed by atoms with E-state index >= 15 is 0 Å². The van der Waals surface area contributed by atoms with Crippen molar-refractivity contribution in [1.29, 1.82) is 0 Å². The molecule has 0 unspecified atom stereocenters. The molecule has 6 nitrogen and oxygen atoms in total. The molecule has 1 aliphatic heterocycles. The summed E-state index contributed by atoms with van der Waals surface area (Å²) in [5.74, 6) is -0.0699. The van der Waals surface area contributed by atoms with Gasteiger partial charge in [-0.2, -0.15) is 0 Å². The highest BCUT2D eigenvalue weighted by atomic mass is 19.1. The zero-order valence-electron chi connectivity index (χ0n) is 16.4. The van der Waals surface area contributed by atoms with Gasteiger partial charge >= 0.3 is 0 Å². The number of aryl methyl sites for hydroxylation is 2. The van der Waals surface area contributed by atoms with E-state index in [0.29, 0.717) is 26.1 Å². The maximum atomic E-state index is 14.0. The number of halogens is 1. The summed E-state index contributed by atoms with van der Waals surface area (Å²) in [6.07, 6.45) is 0.331. The molecule has 0 aliphatic carbocycles. The Bertz CT molecular complexity index is 1030. The number of pyridine rings is 1. The van der Waals surface area contributed by atoms with Gasteiger partial charge in [-0.3, -0.25) is 4.79 Å². The van der Waals surface area contributed by atoms with E-state index in [4.69, 9.17) is 14.2 Å². The van der Waals surface area contributed by atoms with E-state index in [0.717, 1.165) is 28.4 Å². The predicted molar refractivity (Wildman–Crippen MR) is 105 cm³/mol. The Morgan fingerprint density at radius 1 is 1.24 bits per heavy atom. The first-order chi connectivity index (χ1) is 14.1. The Hall–Kier alpha value is -3.06. The van der Waals surface area contributed by atoms with Crippen molar-refractivity contribution in [3.8, 4) is 11.3 Å². The number of hydrogen-bond acceptors (Lipinski definition) is 5. The largest absolute Gasteiger partial charge is 0.368 e. The van der Waals surface area contributed by atoms with Crippen LogP contribution in [0.5, 0.6) is 0 Å². The molecule has 150 valence electrons. The van der Waals surface area contributed by atoms with Gasteiger partial charge in [-0.25, -0.2) is 9.37 Å². The highest BCUT2D eigenvalue weighted by molar-refractivity contribution is 5.94. The van der Waals surface area contributed by atoms with E-state index in [1.54, 1.807) is 17.0 Å². The number of aromatic nitrogens is 2. The SMILES string of the molecule is CCc1onc(C)c1-c1cccc([C@H]2CN(C(=O)c3ccccc3F)CCO2)n1. The van der Waals surface area contributed by atoms with Gasteiger partial charge in [-0.15, -0.1) is 0 Å². The van der Waals surface area contributed by atoms with Gasteiger partial charge < -0.3 is 14.2 Å². The average molecular weight is 395 g/mol. The topological polar surface area (TPSA) is 68.5 Å². The van der Waals surface area contributed by atoms with Gasteiger partial charge in [-0.05, 0) is 31.2 Å². The summed E-state index contributed by atoms with van der Waals surface area (Å²) in [5, 5.41) is 4.05. The van der Waals surface area contributed by atoms with Crippen LogP contribution in [0.4, 0.5) is 4.39 Å². The molecular weight excluding hydrogens is 373 g/mol. The third-order valence-corrected chi connectivity index (χ3v) is 5.07. The molecule has 1 fully saturated rings. The lowest BCUT2D eigenvalue weighted by molar-refractivity contribution is -0.0248. The first-order valence-corrected chi connectivity index (χ1v) is 9.66. The van der Waals surface area contributed by atoms with E-state index in [1.165, 1.54) is 12.1 Å². The number of hydrogen-bond donors (Lipinski definition) is 0. The summed E-state index contributed by atoms with van der Waals surface area (Å²) in [6, 6.07) is 11.7. The van der Waals surface area contributed by atoms with E-state index in [-0.39, 0.29) is 17.6 Å². The summed E-state index contributed by atoms with van der Waals surface area (Å²) in [5.41, 5.74) is 3.23.